The molecule has 2 aromatic heterocycles. The van der Waals surface area contributed by atoms with Gasteiger partial charge >= 0.3 is 0 Å². The van der Waals surface area contributed by atoms with Crippen molar-refractivity contribution in [2.45, 2.75) is 45.2 Å². The van der Waals surface area contributed by atoms with Crippen LogP contribution in [0.4, 0.5) is 5.95 Å². The molecule has 100 valence electrons. The summed E-state index contributed by atoms with van der Waals surface area (Å²) in [4.78, 5) is 8.97. The van der Waals surface area contributed by atoms with E-state index in [2.05, 4.69) is 32.1 Å². The second-order valence-corrected chi connectivity index (χ2v) is 5.28. The van der Waals surface area contributed by atoms with Crippen LogP contribution in [0, 0.1) is 6.92 Å². The monoisotopic (exact) mass is 256 g/mol. The Morgan fingerprint density at radius 3 is 2.89 bits per heavy atom. The number of imidazole rings is 1. The SMILES string of the molecule is Cc1cn(Cc2ccccn2)c(NC2CCCC2)n1. The third-order valence-electron chi connectivity index (χ3n) is 3.64. The second-order valence-electron chi connectivity index (χ2n) is 5.28. The summed E-state index contributed by atoms with van der Waals surface area (Å²) in [5.41, 5.74) is 2.12. The van der Waals surface area contributed by atoms with E-state index in [1.165, 1.54) is 25.7 Å². The van der Waals surface area contributed by atoms with Crippen LogP contribution >= 0.6 is 0 Å². The van der Waals surface area contributed by atoms with Crippen molar-refractivity contribution < 1.29 is 0 Å². The van der Waals surface area contributed by atoms with E-state index in [4.69, 9.17) is 0 Å². The van der Waals surface area contributed by atoms with Crippen molar-refractivity contribution in [2.75, 3.05) is 5.32 Å². The molecule has 0 aliphatic heterocycles. The van der Waals surface area contributed by atoms with Crippen LogP contribution in [-0.2, 0) is 6.54 Å². The highest BCUT2D eigenvalue weighted by Gasteiger charge is 2.17. The van der Waals surface area contributed by atoms with Crippen LogP contribution in [-0.4, -0.2) is 20.6 Å². The lowest BCUT2D eigenvalue weighted by molar-refractivity contribution is 0.711. The van der Waals surface area contributed by atoms with Crippen molar-refractivity contribution in [2.24, 2.45) is 0 Å². The minimum Gasteiger partial charge on any atom is -0.353 e. The maximum Gasteiger partial charge on any atom is 0.203 e. The molecule has 19 heavy (non-hydrogen) atoms. The van der Waals surface area contributed by atoms with Crippen molar-refractivity contribution in [3.63, 3.8) is 0 Å². The van der Waals surface area contributed by atoms with Crippen molar-refractivity contribution in [1.29, 1.82) is 0 Å². The minimum absolute atomic E-state index is 0.587. The van der Waals surface area contributed by atoms with Crippen LogP contribution < -0.4 is 5.32 Å². The molecule has 2 heterocycles. The van der Waals surface area contributed by atoms with Gasteiger partial charge in [-0.05, 0) is 31.9 Å². The smallest absolute Gasteiger partial charge is 0.203 e. The number of hydrogen-bond acceptors (Lipinski definition) is 3. The summed E-state index contributed by atoms with van der Waals surface area (Å²) in [5, 5.41) is 3.57. The molecule has 1 aliphatic carbocycles. The van der Waals surface area contributed by atoms with Gasteiger partial charge in [-0.15, -0.1) is 0 Å². The van der Waals surface area contributed by atoms with Crippen LogP contribution in [0.5, 0.6) is 0 Å². The first-order chi connectivity index (χ1) is 9.31. The molecule has 0 spiro atoms. The molecule has 2 aromatic rings. The van der Waals surface area contributed by atoms with Crippen molar-refractivity contribution in [3.05, 3.63) is 42.0 Å². The fourth-order valence-corrected chi connectivity index (χ4v) is 2.70. The van der Waals surface area contributed by atoms with E-state index in [0.717, 1.165) is 23.9 Å². The maximum absolute atomic E-state index is 4.59. The summed E-state index contributed by atoms with van der Waals surface area (Å²) in [7, 11) is 0. The molecule has 1 fully saturated rings. The van der Waals surface area contributed by atoms with Gasteiger partial charge < -0.3 is 9.88 Å². The zero-order valence-corrected chi connectivity index (χ0v) is 11.3. The zero-order valence-electron chi connectivity index (χ0n) is 11.3. The Morgan fingerprint density at radius 1 is 1.32 bits per heavy atom. The average molecular weight is 256 g/mol. The highest BCUT2D eigenvalue weighted by molar-refractivity contribution is 5.31. The lowest BCUT2D eigenvalue weighted by Gasteiger charge is -2.14. The second kappa shape index (κ2) is 5.43. The molecule has 1 saturated carbocycles. The number of anilines is 1. The molecule has 0 bridgehead atoms. The fourth-order valence-electron chi connectivity index (χ4n) is 2.70. The molecule has 4 nitrogen and oxygen atoms in total. The van der Waals surface area contributed by atoms with Gasteiger partial charge in [-0.2, -0.15) is 0 Å². The van der Waals surface area contributed by atoms with Crippen molar-refractivity contribution in [1.82, 2.24) is 14.5 Å². The number of aromatic nitrogens is 3. The molecule has 0 amide bonds. The molecule has 0 aromatic carbocycles. The highest BCUT2D eigenvalue weighted by Crippen LogP contribution is 2.22. The molecular formula is C15H20N4. The summed E-state index contributed by atoms with van der Waals surface area (Å²) in [6.07, 6.45) is 9.11. The van der Waals surface area contributed by atoms with Gasteiger partial charge in [0, 0.05) is 18.4 Å². The van der Waals surface area contributed by atoms with Crippen LogP contribution in [0.25, 0.3) is 0 Å². The summed E-state index contributed by atoms with van der Waals surface area (Å²) < 4.78 is 2.16. The zero-order chi connectivity index (χ0) is 13.1. The molecule has 1 N–H and O–H groups in total. The minimum atomic E-state index is 0.587. The van der Waals surface area contributed by atoms with E-state index in [-0.39, 0.29) is 0 Å². The normalized spacial score (nSPS) is 15.8. The van der Waals surface area contributed by atoms with Gasteiger partial charge in [0.05, 0.1) is 17.9 Å². The Labute approximate surface area is 113 Å². The van der Waals surface area contributed by atoms with Crippen molar-refractivity contribution in [3.8, 4) is 0 Å². The Bertz CT molecular complexity index is 526. The molecule has 0 radical (unpaired) electrons. The van der Waals surface area contributed by atoms with Gasteiger partial charge in [0.1, 0.15) is 0 Å². The van der Waals surface area contributed by atoms with E-state index >= 15 is 0 Å². The van der Waals surface area contributed by atoms with Gasteiger partial charge in [-0.25, -0.2) is 4.98 Å². The average Bonchev–Trinajstić information content (AvgIpc) is 3.02. The first-order valence-electron chi connectivity index (χ1n) is 7.01. The summed E-state index contributed by atoms with van der Waals surface area (Å²) in [6.45, 7) is 2.81. The molecule has 1 aliphatic rings. The van der Waals surface area contributed by atoms with Gasteiger partial charge in [-0.1, -0.05) is 18.9 Å². The number of nitrogens with one attached hydrogen (secondary N) is 1. The number of rotatable bonds is 4. The number of pyridine rings is 1. The number of nitrogens with zero attached hydrogens (tertiary/aromatic N) is 3. The van der Waals surface area contributed by atoms with Gasteiger partial charge in [0.2, 0.25) is 5.95 Å². The molecule has 4 heteroatoms. The van der Waals surface area contributed by atoms with Gasteiger partial charge in [-0.3, -0.25) is 4.98 Å². The number of hydrogen-bond donors (Lipinski definition) is 1. The Balaban J connectivity index is 1.76. The third-order valence-corrected chi connectivity index (χ3v) is 3.64. The summed E-state index contributed by atoms with van der Waals surface area (Å²) in [5.74, 6) is 0.982. The lowest BCUT2D eigenvalue weighted by atomic mass is 10.2. The molecule has 0 saturated heterocycles. The van der Waals surface area contributed by atoms with Crippen LogP contribution in [0.2, 0.25) is 0 Å². The Hall–Kier alpha value is -1.84. The third kappa shape index (κ3) is 2.95. The van der Waals surface area contributed by atoms with Crippen LogP contribution in [0.15, 0.2) is 30.6 Å². The highest BCUT2D eigenvalue weighted by atomic mass is 15.2. The summed E-state index contributed by atoms with van der Waals surface area (Å²) >= 11 is 0. The molecule has 0 unspecified atom stereocenters. The molecular weight excluding hydrogens is 236 g/mol. The van der Waals surface area contributed by atoms with E-state index in [1.54, 1.807) is 0 Å². The standard InChI is InChI=1S/C15H20N4/c1-12-10-19(11-14-8-4-5-9-16-14)15(17-12)18-13-6-2-3-7-13/h4-5,8-10,13H,2-3,6-7,11H2,1H3,(H,17,18). The first kappa shape index (κ1) is 12.2. The summed E-state index contributed by atoms with van der Waals surface area (Å²) in [6, 6.07) is 6.61. The Morgan fingerprint density at radius 2 is 2.16 bits per heavy atom. The van der Waals surface area contributed by atoms with Crippen LogP contribution in [0.1, 0.15) is 37.1 Å². The van der Waals surface area contributed by atoms with Crippen LogP contribution in [0.3, 0.4) is 0 Å². The predicted molar refractivity (Wildman–Crippen MR) is 76.2 cm³/mol. The maximum atomic E-state index is 4.59. The van der Waals surface area contributed by atoms with E-state index in [1.807, 2.05) is 25.3 Å². The Kier molecular flexibility index (Phi) is 3.49. The quantitative estimate of drug-likeness (QED) is 0.914. The van der Waals surface area contributed by atoms with E-state index in [9.17, 15) is 0 Å². The molecule has 3 rings (SSSR count). The topological polar surface area (TPSA) is 42.7 Å². The van der Waals surface area contributed by atoms with E-state index in [0.29, 0.717) is 6.04 Å². The predicted octanol–water partition coefficient (Wildman–Crippen LogP) is 2.99. The largest absolute Gasteiger partial charge is 0.353 e. The van der Waals surface area contributed by atoms with Crippen molar-refractivity contribution >= 4 is 5.95 Å². The number of aryl methyl sites for hydroxylation is 1. The van der Waals surface area contributed by atoms with Gasteiger partial charge in [0.25, 0.3) is 0 Å². The van der Waals surface area contributed by atoms with E-state index < -0.39 is 0 Å². The van der Waals surface area contributed by atoms with Gasteiger partial charge in [0.15, 0.2) is 0 Å². The first-order valence-corrected chi connectivity index (χ1v) is 7.01. The lowest BCUT2D eigenvalue weighted by Crippen LogP contribution is -2.18. The molecule has 0 atom stereocenters. The fraction of sp³-hybridized carbons (Fsp3) is 0.467.